The molecule has 34 heavy (non-hydrogen) atoms. The molecule has 182 valence electrons. The van der Waals surface area contributed by atoms with E-state index in [-0.39, 0.29) is 24.2 Å². The smallest absolute Gasteiger partial charge is 0.472 e. The number of rotatable bonds is 5. The van der Waals surface area contributed by atoms with Gasteiger partial charge in [-0.1, -0.05) is 24.3 Å². The molecule has 0 aromatic heterocycles. The monoisotopic (exact) mass is 480 g/mol. The van der Waals surface area contributed by atoms with Crippen LogP contribution in [0.1, 0.15) is 15.9 Å². The van der Waals surface area contributed by atoms with Gasteiger partial charge >= 0.3 is 18.1 Å². The largest absolute Gasteiger partial charge is 0.496 e. The highest BCUT2D eigenvalue weighted by Crippen LogP contribution is 2.25. The van der Waals surface area contributed by atoms with E-state index in [1.54, 1.807) is 28.5 Å². The molecule has 4 amide bonds. The van der Waals surface area contributed by atoms with Crippen molar-refractivity contribution < 1.29 is 37.0 Å². The van der Waals surface area contributed by atoms with Gasteiger partial charge in [-0.15, -0.1) is 0 Å². The summed E-state index contributed by atoms with van der Waals surface area (Å²) < 4.78 is 47.7. The molecule has 1 saturated heterocycles. The molecule has 1 fully saturated rings. The van der Waals surface area contributed by atoms with E-state index < -0.39 is 18.0 Å². The number of benzene rings is 2. The van der Waals surface area contributed by atoms with Crippen LogP contribution in [0.4, 0.5) is 23.7 Å². The van der Waals surface area contributed by atoms with E-state index in [1.807, 2.05) is 18.2 Å². The normalized spacial score (nSPS) is 15.9. The van der Waals surface area contributed by atoms with Crippen LogP contribution in [0.2, 0.25) is 0 Å². The fourth-order valence-corrected chi connectivity index (χ4v) is 3.37. The summed E-state index contributed by atoms with van der Waals surface area (Å²) in [5, 5.41) is 2.85. The molecule has 3 N–H and O–H groups in total. The summed E-state index contributed by atoms with van der Waals surface area (Å²) in [5.74, 6) is -2.95. The maximum absolute atomic E-state index is 12.8. The number of methoxy groups -OCH3 is 1. The van der Waals surface area contributed by atoms with Crippen molar-refractivity contribution in [3.05, 3.63) is 59.7 Å². The molecule has 0 spiro atoms. The van der Waals surface area contributed by atoms with Crippen LogP contribution in [0.3, 0.4) is 0 Å². The highest BCUT2D eigenvalue weighted by atomic mass is 19.4. The third-order valence-electron chi connectivity index (χ3n) is 5.07. The fourth-order valence-electron chi connectivity index (χ4n) is 3.37. The summed E-state index contributed by atoms with van der Waals surface area (Å²) in [4.78, 5) is 37.5. The Bertz CT molecular complexity index is 1030. The van der Waals surface area contributed by atoms with Crippen molar-refractivity contribution in [2.45, 2.75) is 18.6 Å². The number of nitrogens with one attached hydrogen (secondary N) is 3. The lowest BCUT2D eigenvalue weighted by Gasteiger charge is -2.36. The van der Waals surface area contributed by atoms with E-state index in [2.05, 4.69) is 5.32 Å². The number of ether oxygens (including phenoxy) is 2. The quantitative estimate of drug-likeness (QED) is 0.570. The van der Waals surface area contributed by atoms with E-state index in [4.69, 9.17) is 9.47 Å². The van der Waals surface area contributed by atoms with Crippen molar-refractivity contribution in [1.82, 2.24) is 15.8 Å². The van der Waals surface area contributed by atoms with Crippen molar-refractivity contribution in [3.63, 3.8) is 0 Å². The number of nitrogens with zero attached hydrogens (tertiary/aromatic N) is 1. The number of halogens is 3. The summed E-state index contributed by atoms with van der Waals surface area (Å²) in [5.41, 5.74) is 4.30. The molecule has 0 radical (unpaired) electrons. The average Bonchev–Trinajstić information content (AvgIpc) is 2.82. The average molecular weight is 480 g/mol. The summed E-state index contributed by atoms with van der Waals surface area (Å²) in [6.45, 7) is 1.06. The van der Waals surface area contributed by atoms with Gasteiger partial charge in [0.05, 0.1) is 26.4 Å². The number of para-hydroxylation sites is 1. The molecule has 0 bridgehead atoms. The Hall–Kier alpha value is -3.80. The van der Waals surface area contributed by atoms with Crippen LogP contribution in [0.5, 0.6) is 5.75 Å². The lowest BCUT2D eigenvalue weighted by Crippen LogP contribution is -2.51. The molecule has 0 aliphatic carbocycles. The molecule has 1 atom stereocenters. The standard InChI is InChI=1S/C22H23F3N4O5/c1-33-18-12-15(19(30)27-28-20(31)22(23,24)25)8-7-14(18)11-17-13-34-10-9-29(17)21(32)26-16-5-3-2-4-6-16/h2-8,12,17H,9-11,13H2,1H3,(H,26,32)(H,27,30)(H,28,31). The van der Waals surface area contributed by atoms with Gasteiger partial charge in [-0.2, -0.15) is 13.2 Å². The molecule has 1 heterocycles. The van der Waals surface area contributed by atoms with Gasteiger partial charge in [0.1, 0.15) is 5.75 Å². The van der Waals surface area contributed by atoms with E-state index in [9.17, 15) is 27.6 Å². The molecule has 3 rings (SSSR count). The highest BCUT2D eigenvalue weighted by molar-refractivity contribution is 5.96. The van der Waals surface area contributed by atoms with Gasteiger partial charge in [-0.25, -0.2) is 4.79 Å². The SMILES string of the molecule is COc1cc(C(=O)NNC(=O)C(F)(F)F)ccc1CC1COCCN1C(=O)Nc1ccccc1. The van der Waals surface area contributed by atoms with Gasteiger partial charge in [0.15, 0.2) is 0 Å². The third-order valence-corrected chi connectivity index (χ3v) is 5.07. The van der Waals surface area contributed by atoms with E-state index in [0.29, 0.717) is 36.6 Å². The zero-order chi connectivity index (χ0) is 24.7. The fraction of sp³-hybridized carbons (Fsp3) is 0.318. The van der Waals surface area contributed by atoms with Gasteiger partial charge < -0.3 is 19.7 Å². The van der Waals surface area contributed by atoms with Crippen LogP contribution >= 0.6 is 0 Å². The summed E-state index contributed by atoms with van der Waals surface area (Å²) in [7, 11) is 1.38. The van der Waals surface area contributed by atoms with Crippen LogP contribution < -0.4 is 20.9 Å². The number of amides is 4. The first-order chi connectivity index (χ1) is 16.2. The minimum Gasteiger partial charge on any atom is -0.496 e. The van der Waals surface area contributed by atoms with E-state index in [1.165, 1.54) is 24.7 Å². The summed E-state index contributed by atoms with van der Waals surface area (Å²) >= 11 is 0. The van der Waals surface area contributed by atoms with Crippen molar-refractivity contribution in [1.29, 1.82) is 0 Å². The van der Waals surface area contributed by atoms with Crippen LogP contribution in [0.15, 0.2) is 48.5 Å². The molecule has 9 nitrogen and oxygen atoms in total. The maximum Gasteiger partial charge on any atom is 0.472 e. The number of hydrogen-bond donors (Lipinski definition) is 3. The summed E-state index contributed by atoms with van der Waals surface area (Å²) in [6, 6.07) is 12.7. The Labute approximate surface area is 193 Å². The first kappa shape index (κ1) is 24.8. The Balaban J connectivity index is 1.69. The highest BCUT2D eigenvalue weighted by Gasteiger charge is 2.39. The predicted octanol–water partition coefficient (Wildman–Crippen LogP) is 2.49. The van der Waals surface area contributed by atoms with Crippen LogP contribution in [-0.2, 0) is 16.0 Å². The number of carbonyl (C=O) groups is 3. The summed E-state index contributed by atoms with van der Waals surface area (Å²) in [6.07, 6.45) is -4.78. The number of anilines is 1. The van der Waals surface area contributed by atoms with Gasteiger partial charge in [0.25, 0.3) is 5.91 Å². The van der Waals surface area contributed by atoms with Crippen LogP contribution in [0, 0.1) is 0 Å². The van der Waals surface area contributed by atoms with Crippen molar-refractivity contribution in [2.24, 2.45) is 0 Å². The molecule has 2 aromatic carbocycles. The maximum atomic E-state index is 12.8. The Morgan fingerprint density at radius 2 is 1.85 bits per heavy atom. The number of urea groups is 1. The molecule has 1 unspecified atom stereocenters. The first-order valence-corrected chi connectivity index (χ1v) is 10.2. The van der Waals surface area contributed by atoms with Gasteiger partial charge in [-0.3, -0.25) is 20.4 Å². The number of morpholine rings is 1. The van der Waals surface area contributed by atoms with E-state index in [0.717, 1.165) is 0 Å². The molecule has 12 heteroatoms. The first-order valence-electron chi connectivity index (χ1n) is 10.2. The van der Waals surface area contributed by atoms with Crippen LogP contribution in [-0.4, -0.2) is 61.8 Å². The lowest BCUT2D eigenvalue weighted by atomic mass is 10.0. The molecular formula is C22H23F3N4O5. The number of carbonyl (C=O) groups excluding carboxylic acids is 3. The van der Waals surface area contributed by atoms with Crippen LogP contribution in [0.25, 0.3) is 0 Å². The van der Waals surface area contributed by atoms with Crippen molar-refractivity contribution in [3.8, 4) is 5.75 Å². The zero-order valence-corrected chi connectivity index (χ0v) is 18.1. The van der Waals surface area contributed by atoms with Crippen molar-refractivity contribution >= 4 is 23.5 Å². The second-order valence-electron chi connectivity index (χ2n) is 7.36. The number of hydrazine groups is 1. The van der Waals surface area contributed by atoms with Crippen molar-refractivity contribution in [2.75, 3.05) is 32.2 Å². The second kappa shape index (κ2) is 10.9. The van der Waals surface area contributed by atoms with Gasteiger partial charge in [0, 0.05) is 17.8 Å². The minimum atomic E-state index is -5.13. The topological polar surface area (TPSA) is 109 Å². The molecule has 2 aromatic rings. The molecule has 0 saturated carbocycles. The second-order valence-corrected chi connectivity index (χ2v) is 7.36. The Morgan fingerprint density at radius 1 is 1.12 bits per heavy atom. The van der Waals surface area contributed by atoms with Gasteiger partial charge in [0.2, 0.25) is 0 Å². The number of alkyl halides is 3. The lowest BCUT2D eigenvalue weighted by molar-refractivity contribution is -0.174. The van der Waals surface area contributed by atoms with E-state index >= 15 is 0 Å². The molecular weight excluding hydrogens is 457 g/mol. The molecule has 1 aliphatic heterocycles. The Kier molecular flexibility index (Phi) is 7.95. The molecule has 1 aliphatic rings. The number of hydrogen-bond acceptors (Lipinski definition) is 5. The van der Waals surface area contributed by atoms with Gasteiger partial charge in [-0.05, 0) is 36.2 Å². The minimum absolute atomic E-state index is 0.0263. The predicted molar refractivity (Wildman–Crippen MR) is 115 cm³/mol. The Morgan fingerprint density at radius 3 is 2.53 bits per heavy atom. The third kappa shape index (κ3) is 6.38. The zero-order valence-electron chi connectivity index (χ0n) is 18.1.